The molecule has 6 heteroatoms. The Morgan fingerprint density at radius 3 is 2.48 bits per heavy atom. The van der Waals surface area contributed by atoms with Gasteiger partial charge in [0.1, 0.15) is 0 Å². The molecule has 0 aromatic carbocycles. The van der Waals surface area contributed by atoms with Crippen molar-refractivity contribution >= 4 is 24.8 Å². The van der Waals surface area contributed by atoms with Gasteiger partial charge in [0.25, 0.3) is 0 Å². The molecule has 1 aromatic heterocycles. The number of pyridine rings is 1. The fourth-order valence-electron chi connectivity index (χ4n) is 2.10. The lowest BCUT2D eigenvalue weighted by Crippen LogP contribution is -2.41. The Morgan fingerprint density at radius 1 is 1.33 bits per heavy atom. The minimum Gasteiger partial charge on any atom is -0.400 e. The van der Waals surface area contributed by atoms with Gasteiger partial charge in [0.2, 0.25) is 0 Å². The molecule has 1 aliphatic heterocycles. The van der Waals surface area contributed by atoms with Crippen molar-refractivity contribution in [2.24, 2.45) is 0 Å². The summed E-state index contributed by atoms with van der Waals surface area (Å²) in [6.07, 6.45) is 5.36. The van der Waals surface area contributed by atoms with Gasteiger partial charge in [0.05, 0.1) is 16.2 Å². The van der Waals surface area contributed by atoms with Crippen LogP contribution in [0.5, 0.6) is 0 Å². The van der Waals surface area contributed by atoms with Crippen LogP contribution in [0.4, 0.5) is 0 Å². The van der Waals surface area contributed by atoms with Crippen LogP contribution in [0.1, 0.15) is 33.3 Å². The molecular weight excluding hydrogens is 286 g/mol. The van der Waals surface area contributed by atoms with Crippen molar-refractivity contribution in [1.29, 1.82) is 0 Å². The number of halogens is 1. The smallest absolute Gasteiger partial charge is 0.400 e. The van der Waals surface area contributed by atoms with Gasteiger partial charge in [0.15, 0.2) is 0 Å². The minimum absolute atomic E-state index is 0.355. The summed E-state index contributed by atoms with van der Waals surface area (Å²) in [5, 5.41) is 3.77. The van der Waals surface area contributed by atoms with E-state index >= 15 is 0 Å². The van der Waals surface area contributed by atoms with E-state index in [0.717, 1.165) is 11.0 Å². The maximum atomic E-state index is 6.18. The number of hydrogen-bond acceptors (Lipinski definition) is 4. The lowest BCUT2D eigenvalue weighted by molar-refractivity contribution is 0.00578. The van der Waals surface area contributed by atoms with Crippen LogP contribution in [0, 0.1) is 0 Å². The Bertz CT molecular complexity index is 530. The van der Waals surface area contributed by atoms with Gasteiger partial charge in [-0.2, -0.15) is 0 Å². The van der Waals surface area contributed by atoms with Crippen molar-refractivity contribution in [2.75, 3.05) is 13.6 Å². The standard InChI is InChI=1S/C15H22BClN2O2/c1-14(2)15(3,4)21-16(20-14)12(9-18-5)8-11-6-7-19-10-13(11)17/h6-8,10,18H,9H2,1-5H3. The topological polar surface area (TPSA) is 43.4 Å². The molecule has 0 bridgehead atoms. The van der Waals surface area contributed by atoms with Gasteiger partial charge in [-0.15, -0.1) is 0 Å². The molecule has 1 aromatic rings. The third kappa shape index (κ3) is 3.48. The lowest BCUT2D eigenvalue weighted by Gasteiger charge is -2.32. The number of nitrogens with one attached hydrogen (secondary N) is 1. The zero-order chi connectivity index (χ0) is 15.7. The first-order valence-corrected chi connectivity index (χ1v) is 7.45. The zero-order valence-corrected chi connectivity index (χ0v) is 14.0. The van der Waals surface area contributed by atoms with E-state index < -0.39 is 0 Å². The van der Waals surface area contributed by atoms with Crippen LogP contribution < -0.4 is 5.32 Å². The molecule has 0 radical (unpaired) electrons. The molecule has 1 aliphatic rings. The second-order valence-corrected chi connectivity index (χ2v) is 6.64. The summed E-state index contributed by atoms with van der Waals surface area (Å²) >= 11 is 6.18. The van der Waals surface area contributed by atoms with Gasteiger partial charge >= 0.3 is 7.12 Å². The Morgan fingerprint density at radius 2 is 1.95 bits per heavy atom. The second kappa shape index (κ2) is 6.09. The molecule has 1 N–H and O–H groups in total. The molecule has 4 nitrogen and oxygen atoms in total. The van der Waals surface area contributed by atoms with Gasteiger partial charge < -0.3 is 14.6 Å². The summed E-state index contributed by atoms with van der Waals surface area (Å²) in [6, 6.07) is 1.88. The maximum absolute atomic E-state index is 6.18. The van der Waals surface area contributed by atoms with E-state index in [9.17, 15) is 0 Å². The fourth-order valence-corrected chi connectivity index (χ4v) is 2.28. The van der Waals surface area contributed by atoms with Gasteiger partial charge in [0, 0.05) is 18.9 Å². The molecule has 1 saturated heterocycles. The number of nitrogens with zero attached hydrogens (tertiary/aromatic N) is 1. The van der Waals surface area contributed by atoms with Crippen LogP contribution in [-0.2, 0) is 9.31 Å². The number of aromatic nitrogens is 1. The van der Waals surface area contributed by atoms with Gasteiger partial charge in [-0.25, -0.2) is 0 Å². The molecule has 0 spiro atoms. The largest absolute Gasteiger partial charge is 0.491 e. The monoisotopic (exact) mass is 308 g/mol. The van der Waals surface area contributed by atoms with Gasteiger partial charge in [-0.3, -0.25) is 4.98 Å². The van der Waals surface area contributed by atoms with Crippen molar-refractivity contribution in [3.8, 4) is 0 Å². The molecule has 0 aliphatic carbocycles. The van der Waals surface area contributed by atoms with Crippen LogP contribution in [-0.4, -0.2) is 36.9 Å². The maximum Gasteiger partial charge on any atom is 0.491 e. The van der Waals surface area contributed by atoms with Crippen LogP contribution >= 0.6 is 11.6 Å². The van der Waals surface area contributed by atoms with Crippen LogP contribution in [0.25, 0.3) is 6.08 Å². The number of rotatable bonds is 4. The molecule has 0 saturated carbocycles. The average Bonchev–Trinajstić information content (AvgIpc) is 2.60. The Kier molecular flexibility index (Phi) is 4.78. The van der Waals surface area contributed by atoms with Crippen LogP contribution in [0.2, 0.25) is 5.02 Å². The molecule has 1 fully saturated rings. The summed E-state index contributed by atoms with van der Waals surface area (Å²) in [4.78, 5) is 4.00. The van der Waals surface area contributed by atoms with E-state index in [4.69, 9.17) is 20.9 Å². The predicted molar refractivity (Wildman–Crippen MR) is 87.2 cm³/mol. The molecule has 0 amide bonds. The SMILES string of the molecule is CNCC(=Cc1ccncc1Cl)B1OC(C)(C)C(C)(C)O1. The molecule has 21 heavy (non-hydrogen) atoms. The van der Waals surface area contributed by atoms with Crippen molar-refractivity contribution in [3.05, 3.63) is 34.5 Å². The third-order valence-electron chi connectivity index (χ3n) is 4.08. The highest BCUT2D eigenvalue weighted by Crippen LogP contribution is 2.38. The predicted octanol–water partition coefficient (Wildman–Crippen LogP) is 2.97. The summed E-state index contributed by atoms with van der Waals surface area (Å²) in [6.45, 7) is 8.84. The zero-order valence-electron chi connectivity index (χ0n) is 13.2. The first-order valence-electron chi connectivity index (χ1n) is 7.07. The summed E-state index contributed by atoms with van der Waals surface area (Å²) in [7, 11) is 1.51. The highest BCUT2D eigenvalue weighted by molar-refractivity contribution is 6.56. The lowest BCUT2D eigenvalue weighted by atomic mass is 9.77. The summed E-state index contributed by atoms with van der Waals surface area (Å²) in [5.41, 5.74) is 1.20. The van der Waals surface area contributed by atoms with Gasteiger partial charge in [-0.05, 0) is 51.8 Å². The summed E-state index contributed by atoms with van der Waals surface area (Å²) < 4.78 is 12.2. The fraction of sp³-hybridized carbons (Fsp3) is 0.533. The van der Waals surface area contributed by atoms with Crippen molar-refractivity contribution in [1.82, 2.24) is 10.3 Å². The highest BCUT2D eigenvalue weighted by Gasteiger charge is 2.52. The highest BCUT2D eigenvalue weighted by atomic mass is 35.5. The van der Waals surface area contributed by atoms with Gasteiger partial charge in [-0.1, -0.05) is 17.7 Å². The summed E-state index contributed by atoms with van der Waals surface area (Å²) in [5.74, 6) is 0. The van der Waals surface area contributed by atoms with Crippen molar-refractivity contribution in [2.45, 2.75) is 38.9 Å². The second-order valence-electron chi connectivity index (χ2n) is 6.24. The van der Waals surface area contributed by atoms with Crippen LogP contribution in [0.3, 0.4) is 0 Å². The van der Waals surface area contributed by atoms with E-state index in [1.165, 1.54) is 0 Å². The molecule has 2 rings (SSSR count). The number of hydrogen-bond donors (Lipinski definition) is 1. The minimum atomic E-state index is -0.383. The molecule has 0 atom stereocenters. The quantitative estimate of drug-likeness (QED) is 0.869. The van der Waals surface area contributed by atoms with E-state index in [0.29, 0.717) is 11.6 Å². The normalized spacial score (nSPS) is 20.9. The molecule has 2 heterocycles. The van der Waals surface area contributed by atoms with E-state index in [1.807, 2.05) is 46.9 Å². The Hall–Kier alpha value is -0.875. The Labute approximate surface area is 132 Å². The molecule has 0 unspecified atom stereocenters. The first-order chi connectivity index (χ1) is 9.77. The third-order valence-corrected chi connectivity index (χ3v) is 4.40. The van der Waals surface area contributed by atoms with Crippen LogP contribution in [0.15, 0.2) is 23.9 Å². The first kappa shape index (κ1) is 16.5. The number of likely N-dealkylation sites (N-methyl/N-ethyl adjacent to an activating group) is 1. The van der Waals surface area contributed by atoms with E-state index in [-0.39, 0.29) is 18.3 Å². The van der Waals surface area contributed by atoms with E-state index in [2.05, 4.69) is 10.3 Å². The van der Waals surface area contributed by atoms with Crippen molar-refractivity contribution in [3.63, 3.8) is 0 Å². The van der Waals surface area contributed by atoms with Crippen molar-refractivity contribution < 1.29 is 9.31 Å². The Balaban J connectivity index is 2.31. The molecule has 114 valence electrons. The van der Waals surface area contributed by atoms with E-state index in [1.54, 1.807) is 12.4 Å². The molecular formula is C15H22BClN2O2. The average molecular weight is 309 g/mol.